The molecule has 2 fully saturated rings. The molecule has 6 rings (SSSR count). The molecule has 30 heavy (non-hydrogen) atoms. The Bertz CT molecular complexity index is 1080. The van der Waals surface area contributed by atoms with Gasteiger partial charge in [-0.3, -0.25) is 0 Å². The number of aromatic nitrogens is 3. The zero-order valence-corrected chi connectivity index (χ0v) is 17.3. The van der Waals surface area contributed by atoms with Crippen molar-refractivity contribution < 1.29 is 13.9 Å². The van der Waals surface area contributed by atoms with Gasteiger partial charge in [-0.25, -0.2) is 4.39 Å². The number of thioether (sulfide) groups is 1. The number of hydrogen-bond acceptors (Lipinski definition) is 5. The number of hydrogen-bond donors (Lipinski definition) is 0. The molecule has 0 spiro atoms. The first-order valence-electron chi connectivity index (χ1n) is 10.5. The van der Waals surface area contributed by atoms with E-state index in [1.807, 2.05) is 30.3 Å². The number of ether oxygens (including phenoxy) is 2. The van der Waals surface area contributed by atoms with E-state index in [0.29, 0.717) is 24.3 Å². The summed E-state index contributed by atoms with van der Waals surface area (Å²) in [4.78, 5) is 0. The van der Waals surface area contributed by atoms with E-state index >= 15 is 0 Å². The lowest BCUT2D eigenvalue weighted by Gasteiger charge is -2.28. The van der Waals surface area contributed by atoms with E-state index in [0.717, 1.165) is 33.4 Å². The molecular formula is C23H22FN3O2S. The predicted molar refractivity (Wildman–Crippen MR) is 111 cm³/mol. The van der Waals surface area contributed by atoms with Crippen molar-refractivity contribution in [3.63, 3.8) is 0 Å². The van der Waals surface area contributed by atoms with E-state index in [1.165, 1.54) is 31.7 Å². The van der Waals surface area contributed by atoms with Gasteiger partial charge in [0, 0.05) is 34.4 Å². The molecular weight excluding hydrogens is 401 g/mol. The zero-order chi connectivity index (χ0) is 20.1. The molecule has 7 heteroatoms. The van der Waals surface area contributed by atoms with Crippen molar-refractivity contribution in [1.82, 2.24) is 14.8 Å². The minimum atomic E-state index is -0.482. The molecule has 2 heterocycles. The van der Waals surface area contributed by atoms with Crippen LogP contribution in [0.4, 0.5) is 4.39 Å². The van der Waals surface area contributed by atoms with E-state index in [-0.39, 0.29) is 5.82 Å². The fourth-order valence-electron chi connectivity index (χ4n) is 3.98. The van der Waals surface area contributed by atoms with E-state index in [9.17, 15) is 4.39 Å². The van der Waals surface area contributed by atoms with Crippen LogP contribution in [0.25, 0.3) is 0 Å². The summed E-state index contributed by atoms with van der Waals surface area (Å²) in [6, 6.07) is 13.4. The van der Waals surface area contributed by atoms with Crippen molar-refractivity contribution in [2.45, 2.75) is 61.4 Å². The van der Waals surface area contributed by atoms with Crippen LogP contribution in [0.1, 0.15) is 66.4 Å². The summed E-state index contributed by atoms with van der Waals surface area (Å²) >= 11 is 1.61. The lowest BCUT2D eigenvalue weighted by molar-refractivity contribution is -0.112. The van der Waals surface area contributed by atoms with Crippen molar-refractivity contribution in [2.75, 3.05) is 0 Å². The minimum Gasteiger partial charge on any atom is -0.460 e. The highest BCUT2D eigenvalue weighted by molar-refractivity contribution is 7.98. The Labute approximate surface area is 178 Å². The molecule has 1 aromatic heterocycles. The second-order valence-corrected chi connectivity index (χ2v) is 9.17. The zero-order valence-electron chi connectivity index (χ0n) is 16.5. The molecule has 3 aromatic rings. The monoisotopic (exact) mass is 423 g/mol. The molecule has 154 valence electrons. The van der Waals surface area contributed by atoms with Gasteiger partial charge < -0.3 is 14.0 Å². The maximum Gasteiger partial charge on any atom is 0.227 e. The summed E-state index contributed by atoms with van der Waals surface area (Å²) in [5.74, 6) is 2.74. The van der Waals surface area contributed by atoms with E-state index < -0.39 is 6.29 Å². The van der Waals surface area contributed by atoms with Gasteiger partial charge in [-0.2, -0.15) is 0 Å². The van der Waals surface area contributed by atoms with Crippen LogP contribution in [0.5, 0.6) is 5.75 Å². The summed E-state index contributed by atoms with van der Waals surface area (Å²) in [5.41, 5.74) is 2.53. The Kier molecular flexibility index (Phi) is 4.53. The first-order valence-corrected chi connectivity index (χ1v) is 11.5. The van der Waals surface area contributed by atoms with Gasteiger partial charge in [0.1, 0.15) is 17.4 Å². The van der Waals surface area contributed by atoms with Crippen molar-refractivity contribution in [3.8, 4) is 5.75 Å². The molecule has 2 aliphatic carbocycles. The van der Waals surface area contributed by atoms with E-state index in [4.69, 9.17) is 9.47 Å². The average molecular weight is 424 g/mol. The third-order valence-electron chi connectivity index (χ3n) is 5.80. The number of rotatable bonds is 6. The largest absolute Gasteiger partial charge is 0.460 e. The summed E-state index contributed by atoms with van der Waals surface area (Å²) in [6.07, 6.45) is 4.33. The van der Waals surface area contributed by atoms with Crippen molar-refractivity contribution in [3.05, 3.63) is 70.8 Å². The van der Waals surface area contributed by atoms with Gasteiger partial charge in [0.05, 0.1) is 6.61 Å². The minimum absolute atomic E-state index is 0.267. The topological polar surface area (TPSA) is 49.2 Å². The van der Waals surface area contributed by atoms with Gasteiger partial charge >= 0.3 is 0 Å². The molecule has 0 saturated heterocycles. The fourth-order valence-corrected chi connectivity index (χ4v) is 4.96. The van der Waals surface area contributed by atoms with Crippen LogP contribution in [-0.2, 0) is 17.1 Å². The lowest BCUT2D eigenvalue weighted by atomic mass is 10.1. The highest BCUT2D eigenvalue weighted by atomic mass is 32.2. The van der Waals surface area contributed by atoms with E-state index in [1.54, 1.807) is 17.8 Å². The highest BCUT2D eigenvalue weighted by Crippen LogP contribution is 2.47. The Balaban J connectivity index is 1.27. The quantitative estimate of drug-likeness (QED) is 0.488. The molecule has 0 amide bonds. The van der Waals surface area contributed by atoms with Crippen molar-refractivity contribution in [1.29, 1.82) is 0 Å². The maximum atomic E-state index is 14.3. The predicted octanol–water partition coefficient (Wildman–Crippen LogP) is 5.53. The fraction of sp³-hybridized carbons (Fsp3) is 0.391. The molecule has 0 bridgehead atoms. The van der Waals surface area contributed by atoms with Crippen LogP contribution >= 0.6 is 11.8 Å². The molecule has 0 unspecified atom stereocenters. The summed E-state index contributed by atoms with van der Waals surface area (Å²) < 4.78 is 28.6. The highest BCUT2D eigenvalue weighted by Gasteiger charge is 2.36. The van der Waals surface area contributed by atoms with Crippen LogP contribution in [0.3, 0.4) is 0 Å². The van der Waals surface area contributed by atoms with Crippen LogP contribution in [0.15, 0.2) is 47.6 Å². The Hall–Kier alpha value is -2.38. The standard InChI is InChI=1S/C23H22FN3O2S/c24-18-10-16-12-28-22(15-4-2-1-3-5-15)29-20(16)17(11-18)13-30-23-26-25-21(14-6-7-14)27(23)19-8-9-19/h1-5,10-11,14,19,22H,6-9,12-13H2/t22-/m1/s1. The first kappa shape index (κ1) is 18.4. The summed E-state index contributed by atoms with van der Waals surface area (Å²) in [6.45, 7) is 0.328. The van der Waals surface area contributed by atoms with Gasteiger partial charge in [-0.1, -0.05) is 42.1 Å². The Morgan fingerprint density at radius 1 is 1.07 bits per heavy atom. The normalized spacial score (nSPS) is 20.6. The summed E-state index contributed by atoms with van der Waals surface area (Å²) in [7, 11) is 0. The summed E-state index contributed by atoms with van der Waals surface area (Å²) in [5, 5.41) is 9.88. The molecule has 2 saturated carbocycles. The average Bonchev–Trinajstić information content (AvgIpc) is 3.71. The van der Waals surface area contributed by atoms with Gasteiger partial charge in [0.2, 0.25) is 6.29 Å². The lowest BCUT2D eigenvalue weighted by Crippen LogP contribution is -2.19. The molecule has 0 N–H and O–H groups in total. The van der Waals surface area contributed by atoms with Crippen LogP contribution in [-0.4, -0.2) is 14.8 Å². The van der Waals surface area contributed by atoms with Crippen LogP contribution < -0.4 is 4.74 Å². The third-order valence-corrected chi connectivity index (χ3v) is 6.79. The van der Waals surface area contributed by atoms with Gasteiger partial charge in [0.25, 0.3) is 0 Å². The smallest absolute Gasteiger partial charge is 0.227 e. The molecule has 5 nitrogen and oxygen atoms in total. The van der Waals surface area contributed by atoms with E-state index in [2.05, 4.69) is 14.8 Å². The number of halogens is 1. The van der Waals surface area contributed by atoms with Crippen molar-refractivity contribution in [2.24, 2.45) is 0 Å². The number of benzene rings is 2. The molecule has 1 aliphatic heterocycles. The first-order chi connectivity index (χ1) is 14.8. The van der Waals surface area contributed by atoms with Crippen LogP contribution in [0.2, 0.25) is 0 Å². The molecule has 3 aliphatic rings. The molecule has 1 atom stereocenters. The maximum absolute atomic E-state index is 14.3. The Morgan fingerprint density at radius 3 is 2.67 bits per heavy atom. The number of nitrogens with zero attached hydrogens (tertiary/aromatic N) is 3. The Morgan fingerprint density at radius 2 is 1.90 bits per heavy atom. The van der Waals surface area contributed by atoms with Gasteiger partial charge in [-0.05, 0) is 37.8 Å². The van der Waals surface area contributed by atoms with Gasteiger partial charge in [0.15, 0.2) is 5.16 Å². The van der Waals surface area contributed by atoms with Crippen molar-refractivity contribution >= 4 is 11.8 Å². The second kappa shape index (κ2) is 7.39. The number of fused-ring (bicyclic) bond motifs is 1. The second-order valence-electron chi connectivity index (χ2n) is 8.23. The SMILES string of the molecule is Fc1cc2c(c(CSc3nnc(C4CC4)n3C3CC3)c1)O[C@H](c1ccccc1)OC2. The third kappa shape index (κ3) is 3.50. The van der Waals surface area contributed by atoms with Gasteiger partial charge in [-0.15, -0.1) is 10.2 Å². The molecule has 0 radical (unpaired) electrons. The van der Waals surface area contributed by atoms with Crippen LogP contribution in [0, 0.1) is 5.82 Å². The molecule has 2 aromatic carbocycles.